The lowest BCUT2D eigenvalue weighted by Crippen LogP contribution is -2.47. The molecule has 0 radical (unpaired) electrons. The first-order valence-electron chi connectivity index (χ1n) is 13.4. The van der Waals surface area contributed by atoms with Crippen molar-refractivity contribution >= 4 is 40.9 Å². The molecule has 1 N–H and O–H groups in total. The van der Waals surface area contributed by atoms with E-state index in [4.69, 9.17) is 21.1 Å². The summed E-state index contributed by atoms with van der Waals surface area (Å²) in [6, 6.07) is 22.6. The lowest BCUT2D eigenvalue weighted by Gasteiger charge is -2.36. The molecule has 1 fully saturated rings. The van der Waals surface area contributed by atoms with Gasteiger partial charge >= 0.3 is 0 Å². The fraction of sp³-hybridized carbons (Fsp3) is 0.290. The second kappa shape index (κ2) is 12.9. The Bertz CT molecular complexity index is 1370. The molecule has 40 heavy (non-hydrogen) atoms. The summed E-state index contributed by atoms with van der Waals surface area (Å²) in [5, 5.41) is 3.54. The fourth-order valence-electron chi connectivity index (χ4n) is 4.92. The highest BCUT2D eigenvalue weighted by Crippen LogP contribution is 2.35. The molecule has 2 heterocycles. The molecule has 0 atom stereocenters. The zero-order chi connectivity index (χ0) is 27.9. The van der Waals surface area contributed by atoms with E-state index in [1.807, 2.05) is 36.4 Å². The summed E-state index contributed by atoms with van der Waals surface area (Å²) in [7, 11) is 1.68. The van der Waals surface area contributed by atoms with Gasteiger partial charge in [-0.05, 0) is 73.1 Å². The molecule has 3 aromatic rings. The van der Waals surface area contributed by atoms with Gasteiger partial charge in [-0.1, -0.05) is 35.9 Å². The van der Waals surface area contributed by atoms with Gasteiger partial charge < -0.3 is 19.7 Å². The Labute approximate surface area is 239 Å². The van der Waals surface area contributed by atoms with Crippen molar-refractivity contribution in [1.29, 1.82) is 0 Å². The number of nitrogens with one attached hydrogen (secondary N) is 1. The number of amides is 2. The highest BCUT2D eigenvalue weighted by atomic mass is 35.5. The van der Waals surface area contributed by atoms with Gasteiger partial charge in [0, 0.05) is 43.4 Å². The first-order chi connectivity index (χ1) is 19.5. The van der Waals surface area contributed by atoms with Gasteiger partial charge in [-0.2, -0.15) is 0 Å². The number of para-hydroxylation sites is 2. The van der Waals surface area contributed by atoms with Gasteiger partial charge in [-0.3, -0.25) is 19.4 Å². The van der Waals surface area contributed by atoms with E-state index in [0.717, 1.165) is 50.5 Å². The van der Waals surface area contributed by atoms with Crippen LogP contribution >= 0.6 is 11.6 Å². The third kappa shape index (κ3) is 6.76. The molecule has 208 valence electrons. The normalized spacial score (nSPS) is 16.4. The predicted octanol–water partition coefficient (Wildman–Crippen LogP) is 4.44. The Morgan fingerprint density at radius 1 is 1.02 bits per heavy atom. The maximum absolute atomic E-state index is 13.3. The van der Waals surface area contributed by atoms with Crippen LogP contribution in [0.3, 0.4) is 0 Å². The van der Waals surface area contributed by atoms with E-state index < -0.39 is 0 Å². The van der Waals surface area contributed by atoms with E-state index >= 15 is 0 Å². The van der Waals surface area contributed by atoms with Gasteiger partial charge in [0.2, 0.25) is 5.91 Å². The lowest BCUT2D eigenvalue weighted by atomic mass is 10.1. The maximum atomic E-state index is 13.3. The number of carbonyl (C=O) groups excluding carboxylic acids is 2. The molecule has 0 aliphatic carbocycles. The van der Waals surface area contributed by atoms with E-state index in [9.17, 15) is 9.59 Å². The standard InChI is InChI=1S/C31H33ClN4O4/c1-39-26-12-10-25(11-13-26)35-18-16-34(17-19-35)15-5-14-33-30(37)22-36-27-8-2-3-9-28(27)40-29(31(36)38)21-23-6-4-7-24(32)20-23/h2-4,6-13,20-21H,5,14-19,22H2,1H3,(H,33,37). The van der Waals surface area contributed by atoms with Crippen LogP contribution < -0.4 is 24.6 Å². The van der Waals surface area contributed by atoms with Gasteiger partial charge in [-0.25, -0.2) is 0 Å². The zero-order valence-electron chi connectivity index (χ0n) is 22.5. The monoisotopic (exact) mass is 560 g/mol. The van der Waals surface area contributed by atoms with E-state index in [0.29, 0.717) is 23.0 Å². The zero-order valence-corrected chi connectivity index (χ0v) is 23.3. The number of hydrogen-bond donors (Lipinski definition) is 1. The van der Waals surface area contributed by atoms with Crippen LogP contribution in [0.1, 0.15) is 12.0 Å². The number of nitrogens with zero attached hydrogens (tertiary/aromatic N) is 3. The third-order valence-corrected chi connectivity index (χ3v) is 7.30. The molecule has 1 saturated heterocycles. The lowest BCUT2D eigenvalue weighted by molar-refractivity contribution is -0.123. The van der Waals surface area contributed by atoms with Crippen LogP contribution in [0.4, 0.5) is 11.4 Å². The molecular formula is C31H33ClN4O4. The number of halogens is 1. The smallest absolute Gasteiger partial charge is 0.294 e. The van der Waals surface area contributed by atoms with Crippen LogP contribution in [0.25, 0.3) is 6.08 Å². The summed E-state index contributed by atoms with van der Waals surface area (Å²) in [6.45, 7) is 5.23. The van der Waals surface area contributed by atoms with Crippen LogP contribution in [-0.2, 0) is 9.59 Å². The molecule has 8 nitrogen and oxygen atoms in total. The average Bonchev–Trinajstić information content (AvgIpc) is 2.98. The van der Waals surface area contributed by atoms with Crippen molar-refractivity contribution in [2.24, 2.45) is 0 Å². The molecular weight excluding hydrogens is 528 g/mol. The van der Waals surface area contributed by atoms with E-state index in [-0.39, 0.29) is 24.1 Å². The molecule has 0 unspecified atom stereocenters. The highest BCUT2D eigenvalue weighted by molar-refractivity contribution is 6.30. The van der Waals surface area contributed by atoms with Crippen LogP contribution in [0.2, 0.25) is 5.02 Å². The van der Waals surface area contributed by atoms with Gasteiger partial charge in [0.25, 0.3) is 5.91 Å². The molecule has 0 bridgehead atoms. The molecule has 2 aliphatic rings. The summed E-state index contributed by atoms with van der Waals surface area (Å²) in [6.07, 6.45) is 2.48. The van der Waals surface area contributed by atoms with Gasteiger partial charge in [0.1, 0.15) is 12.3 Å². The van der Waals surface area contributed by atoms with Gasteiger partial charge in [0.05, 0.1) is 12.8 Å². The topological polar surface area (TPSA) is 74.4 Å². The average molecular weight is 561 g/mol. The number of carbonyl (C=O) groups is 2. The maximum Gasteiger partial charge on any atom is 0.294 e. The third-order valence-electron chi connectivity index (χ3n) is 7.06. The van der Waals surface area contributed by atoms with Crippen LogP contribution in [0, 0.1) is 0 Å². The second-order valence-corrected chi connectivity index (χ2v) is 10.2. The summed E-state index contributed by atoms with van der Waals surface area (Å²) >= 11 is 6.10. The molecule has 5 rings (SSSR count). The van der Waals surface area contributed by atoms with Crippen molar-refractivity contribution in [1.82, 2.24) is 10.2 Å². The highest BCUT2D eigenvalue weighted by Gasteiger charge is 2.31. The van der Waals surface area contributed by atoms with Crippen molar-refractivity contribution in [2.45, 2.75) is 6.42 Å². The van der Waals surface area contributed by atoms with Gasteiger partial charge in [-0.15, -0.1) is 0 Å². The molecule has 0 spiro atoms. The summed E-state index contributed by atoms with van der Waals surface area (Å²) in [4.78, 5) is 32.4. The summed E-state index contributed by atoms with van der Waals surface area (Å²) < 4.78 is 11.1. The van der Waals surface area contributed by atoms with Crippen molar-refractivity contribution in [3.8, 4) is 11.5 Å². The van der Waals surface area contributed by atoms with Gasteiger partial charge in [0.15, 0.2) is 11.5 Å². The number of fused-ring (bicyclic) bond motifs is 1. The number of benzene rings is 3. The minimum absolute atomic E-state index is 0.0906. The predicted molar refractivity (Wildman–Crippen MR) is 158 cm³/mol. The SMILES string of the molecule is COc1ccc(N2CCN(CCCNC(=O)CN3C(=O)C(=Cc4cccc(Cl)c4)Oc4ccccc43)CC2)cc1. The number of piperazine rings is 1. The molecule has 0 saturated carbocycles. The number of hydrogen-bond acceptors (Lipinski definition) is 6. The largest absolute Gasteiger partial charge is 0.497 e. The van der Waals surface area contributed by atoms with Crippen LogP contribution in [-0.4, -0.2) is 69.6 Å². The number of anilines is 2. The van der Waals surface area contributed by atoms with Crippen molar-refractivity contribution in [3.63, 3.8) is 0 Å². The van der Waals surface area contributed by atoms with Crippen LogP contribution in [0.5, 0.6) is 11.5 Å². The number of rotatable bonds is 9. The Hall–Kier alpha value is -4.01. The van der Waals surface area contributed by atoms with E-state index in [2.05, 4.69) is 27.2 Å². The van der Waals surface area contributed by atoms with Crippen molar-refractivity contribution in [2.75, 3.05) is 62.7 Å². The molecule has 2 amide bonds. The Morgan fingerprint density at radius 2 is 1.80 bits per heavy atom. The minimum atomic E-state index is -0.372. The quantitative estimate of drug-likeness (QED) is 0.308. The van der Waals surface area contributed by atoms with E-state index in [1.165, 1.54) is 10.6 Å². The molecule has 0 aromatic heterocycles. The summed E-state index contributed by atoms with van der Waals surface area (Å²) in [5.74, 6) is 0.945. The van der Waals surface area contributed by atoms with Crippen LogP contribution in [0.15, 0.2) is 78.6 Å². The Morgan fingerprint density at radius 3 is 2.55 bits per heavy atom. The first-order valence-corrected chi connectivity index (χ1v) is 13.8. The van der Waals surface area contributed by atoms with Crippen molar-refractivity contribution in [3.05, 3.63) is 89.1 Å². The van der Waals surface area contributed by atoms with Crippen molar-refractivity contribution < 1.29 is 19.1 Å². The molecule has 3 aromatic carbocycles. The van der Waals surface area contributed by atoms with E-state index in [1.54, 1.807) is 37.5 Å². The molecule has 2 aliphatic heterocycles. The number of ether oxygens (including phenoxy) is 2. The molecule has 9 heteroatoms. The second-order valence-electron chi connectivity index (χ2n) is 9.75. The Kier molecular flexibility index (Phi) is 8.88. The minimum Gasteiger partial charge on any atom is -0.497 e. The number of methoxy groups -OCH3 is 1. The Balaban J connectivity index is 1.11. The fourth-order valence-corrected chi connectivity index (χ4v) is 5.12. The first kappa shape index (κ1) is 27.6. The summed E-state index contributed by atoms with van der Waals surface area (Å²) in [5.41, 5.74) is 2.52.